The maximum Gasteiger partial charge on any atom is 0.334 e. The first-order valence-corrected chi connectivity index (χ1v) is 13.9. The van der Waals surface area contributed by atoms with Crippen LogP contribution >= 0.6 is 0 Å². The van der Waals surface area contributed by atoms with E-state index in [9.17, 15) is 24.6 Å². The number of ether oxygens (including phenoxy) is 3. The van der Waals surface area contributed by atoms with Crippen molar-refractivity contribution in [2.75, 3.05) is 5.32 Å². The number of aliphatic hydroxyl groups is 1. The van der Waals surface area contributed by atoms with Gasteiger partial charge in [-0.25, -0.2) is 4.79 Å². The third kappa shape index (κ3) is 6.47. The van der Waals surface area contributed by atoms with Crippen molar-refractivity contribution in [1.29, 1.82) is 0 Å². The molecular formula is C31H39NO8. The molecule has 1 spiro atoms. The number of hydrogen-bond donors (Lipinski definition) is 3. The average molecular weight is 554 g/mol. The summed E-state index contributed by atoms with van der Waals surface area (Å²) in [4.78, 5) is 38.9. The zero-order chi connectivity index (χ0) is 29.2. The molecule has 3 aliphatic heterocycles. The molecule has 1 fully saturated rings. The molecule has 9 heteroatoms. The summed E-state index contributed by atoms with van der Waals surface area (Å²) in [6.07, 6.45) is 4.49. The third-order valence-corrected chi connectivity index (χ3v) is 7.63. The highest BCUT2D eigenvalue weighted by molar-refractivity contribution is 5.96. The first-order chi connectivity index (χ1) is 18.9. The number of hydrogen-bond acceptors (Lipinski definition) is 8. The van der Waals surface area contributed by atoms with E-state index >= 15 is 0 Å². The largest absolute Gasteiger partial charge is 0.508 e. The van der Waals surface area contributed by atoms with Crippen LogP contribution in [0.4, 0.5) is 5.69 Å². The topological polar surface area (TPSA) is 131 Å². The molecule has 5 unspecified atom stereocenters. The fraction of sp³-hybridized carbons (Fsp3) is 0.516. The van der Waals surface area contributed by atoms with Gasteiger partial charge < -0.3 is 29.7 Å². The highest BCUT2D eigenvalue weighted by Crippen LogP contribution is 2.53. The maximum atomic E-state index is 13.0. The van der Waals surface area contributed by atoms with Gasteiger partial charge in [-0.15, -0.1) is 0 Å². The summed E-state index contributed by atoms with van der Waals surface area (Å²) < 4.78 is 18.5. The Morgan fingerprint density at radius 1 is 1.25 bits per heavy atom. The third-order valence-electron chi connectivity index (χ3n) is 7.63. The number of nitrogens with one attached hydrogen (secondary N) is 1. The number of phenols is 1. The Bertz CT molecular complexity index is 1270. The molecule has 40 heavy (non-hydrogen) atoms. The molecular weight excluding hydrogens is 514 g/mol. The number of cyclic esters (lactones) is 1. The number of carbonyl (C=O) groups is 3. The molecule has 0 saturated carbocycles. The number of anilines is 1. The highest BCUT2D eigenvalue weighted by atomic mass is 16.7. The lowest BCUT2D eigenvalue weighted by molar-refractivity contribution is -0.260. The van der Waals surface area contributed by atoms with Crippen LogP contribution < -0.4 is 10.1 Å². The van der Waals surface area contributed by atoms with Gasteiger partial charge in [-0.2, -0.15) is 0 Å². The van der Waals surface area contributed by atoms with E-state index in [1.54, 1.807) is 26.0 Å². The lowest BCUT2D eigenvalue weighted by atomic mass is 9.82. The summed E-state index contributed by atoms with van der Waals surface area (Å²) in [5, 5.41) is 24.0. The summed E-state index contributed by atoms with van der Waals surface area (Å²) in [6.45, 7) is 9.04. The van der Waals surface area contributed by atoms with Crippen molar-refractivity contribution >= 4 is 23.3 Å². The Hall–Kier alpha value is -3.43. The lowest BCUT2D eigenvalue weighted by Gasteiger charge is -2.48. The van der Waals surface area contributed by atoms with Crippen LogP contribution in [-0.4, -0.2) is 45.9 Å². The standard InChI is InChI=1S/C31H39NO8/c1-6-20-8-7-11-31-16-25(35)19(5)28(39-31)22-14-21(33)15-23(29(22)40-31)32-27(36)10-9-18(4)30(37)38-26(13-20)24(34)12-17(2)3/h9,12-15,19,24,26,28,33-34H,6-8,10-11,16H2,1-5H3,(H,32,36). The monoisotopic (exact) mass is 553 g/mol. The van der Waals surface area contributed by atoms with Gasteiger partial charge in [0.25, 0.3) is 0 Å². The SMILES string of the molecule is CCC1=CC(C(O)C=C(C)C)OC(=O)C(C)=CCC(=O)Nc2cc(O)cc3c2OC2(CCC1)CC(=O)C(C)C3O2. The van der Waals surface area contributed by atoms with E-state index in [2.05, 4.69) is 5.32 Å². The average Bonchev–Trinajstić information content (AvgIpc) is 2.88. The summed E-state index contributed by atoms with van der Waals surface area (Å²) in [7, 11) is 0. The molecule has 0 aliphatic carbocycles. The number of esters is 1. The molecule has 3 aliphatic rings. The molecule has 1 aromatic carbocycles. The minimum Gasteiger partial charge on any atom is -0.508 e. The molecule has 0 aromatic heterocycles. The minimum absolute atomic E-state index is 0.00501. The van der Waals surface area contributed by atoms with Gasteiger partial charge in [0, 0.05) is 36.0 Å². The predicted molar refractivity (Wildman–Crippen MR) is 149 cm³/mol. The van der Waals surface area contributed by atoms with Crippen LogP contribution in [-0.2, 0) is 23.9 Å². The number of aliphatic hydroxyl groups excluding tert-OH is 1. The summed E-state index contributed by atoms with van der Waals surface area (Å²) in [6, 6.07) is 2.91. The molecule has 5 atom stereocenters. The van der Waals surface area contributed by atoms with Crippen molar-refractivity contribution in [2.45, 2.75) is 97.2 Å². The number of amides is 1. The van der Waals surface area contributed by atoms with E-state index in [0.717, 1.165) is 11.1 Å². The van der Waals surface area contributed by atoms with E-state index in [-0.39, 0.29) is 35.6 Å². The first kappa shape index (κ1) is 29.6. The number of benzene rings is 1. The van der Waals surface area contributed by atoms with Crippen LogP contribution in [0.3, 0.4) is 0 Å². The van der Waals surface area contributed by atoms with Crippen LogP contribution in [0.5, 0.6) is 11.5 Å². The molecule has 216 valence electrons. The fourth-order valence-corrected chi connectivity index (χ4v) is 5.38. The zero-order valence-corrected chi connectivity index (χ0v) is 23.8. The van der Waals surface area contributed by atoms with Gasteiger partial charge in [-0.3, -0.25) is 9.59 Å². The Morgan fingerprint density at radius 3 is 2.70 bits per heavy atom. The second kappa shape index (κ2) is 12.0. The van der Waals surface area contributed by atoms with Crippen molar-refractivity contribution in [2.24, 2.45) is 5.92 Å². The van der Waals surface area contributed by atoms with Crippen molar-refractivity contribution in [3.05, 3.63) is 52.6 Å². The number of rotatable bonds is 3. The van der Waals surface area contributed by atoms with Crippen molar-refractivity contribution in [1.82, 2.24) is 0 Å². The highest BCUT2D eigenvalue weighted by Gasteiger charge is 2.52. The number of Topliss-reactive ketones (excluding diaryl/α,β-unsaturated/α-hetero) is 1. The van der Waals surface area contributed by atoms with Crippen LogP contribution in [0.15, 0.2) is 47.1 Å². The molecule has 9 nitrogen and oxygen atoms in total. The second-order valence-corrected chi connectivity index (χ2v) is 11.2. The zero-order valence-electron chi connectivity index (χ0n) is 23.8. The number of ketones is 1. The van der Waals surface area contributed by atoms with E-state index < -0.39 is 41.9 Å². The van der Waals surface area contributed by atoms with Gasteiger partial charge in [-0.05, 0) is 52.2 Å². The van der Waals surface area contributed by atoms with E-state index in [1.807, 2.05) is 20.8 Å². The van der Waals surface area contributed by atoms with E-state index in [4.69, 9.17) is 14.2 Å². The van der Waals surface area contributed by atoms with Gasteiger partial charge in [0.15, 0.2) is 5.75 Å². The number of carbonyl (C=O) groups excluding carboxylic acids is 3. The Kier molecular flexibility index (Phi) is 8.85. The van der Waals surface area contributed by atoms with Gasteiger partial charge in [0.05, 0.1) is 12.1 Å². The van der Waals surface area contributed by atoms with Crippen molar-refractivity contribution in [3.63, 3.8) is 0 Å². The summed E-state index contributed by atoms with van der Waals surface area (Å²) in [5.41, 5.74) is 2.86. The quantitative estimate of drug-likeness (QED) is 0.345. The second-order valence-electron chi connectivity index (χ2n) is 11.2. The van der Waals surface area contributed by atoms with Crippen LogP contribution in [0, 0.1) is 5.92 Å². The molecule has 0 radical (unpaired) electrons. The van der Waals surface area contributed by atoms with Gasteiger partial charge in [-0.1, -0.05) is 37.1 Å². The van der Waals surface area contributed by atoms with E-state index in [0.29, 0.717) is 37.0 Å². The molecule has 1 saturated heterocycles. The molecule has 3 N–H and O–H groups in total. The van der Waals surface area contributed by atoms with Crippen LogP contribution in [0.25, 0.3) is 0 Å². The van der Waals surface area contributed by atoms with Gasteiger partial charge >= 0.3 is 5.97 Å². The Morgan fingerprint density at radius 2 is 2.00 bits per heavy atom. The molecule has 1 amide bonds. The maximum absolute atomic E-state index is 13.0. The van der Waals surface area contributed by atoms with E-state index in [1.165, 1.54) is 18.2 Å². The molecule has 3 heterocycles. The Labute approximate surface area is 234 Å². The number of allylic oxidation sites excluding steroid dienone is 2. The number of phenolic OH excluding ortho intramolecular Hbond substituents is 1. The number of fused-ring (bicyclic) bond motifs is 2. The van der Waals surface area contributed by atoms with Gasteiger partial charge in [0.2, 0.25) is 11.7 Å². The molecule has 1 aromatic rings. The smallest absolute Gasteiger partial charge is 0.334 e. The van der Waals surface area contributed by atoms with Crippen molar-refractivity contribution in [3.8, 4) is 11.5 Å². The Balaban J connectivity index is 1.76. The predicted octanol–water partition coefficient (Wildman–Crippen LogP) is 5.18. The molecule has 3 bridgehead atoms. The van der Waals surface area contributed by atoms with Crippen LogP contribution in [0.2, 0.25) is 0 Å². The molecule has 4 rings (SSSR count). The van der Waals surface area contributed by atoms with Crippen LogP contribution in [0.1, 0.15) is 84.8 Å². The summed E-state index contributed by atoms with van der Waals surface area (Å²) >= 11 is 0. The lowest BCUT2D eigenvalue weighted by Crippen LogP contribution is -2.52. The van der Waals surface area contributed by atoms with Crippen molar-refractivity contribution < 1.29 is 38.8 Å². The summed E-state index contributed by atoms with van der Waals surface area (Å²) in [5.74, 6) is -2.45. The normalized spacial score (nSPS) is 28.1. The number of aromatic hydroxyl groups is 1. The fourth-order valence-electron chi connectivity index (χ4n) is 5.38. The minimum atomic E-state index is -1.21. The first-order valence-electron chi connectivity index (χ1n) is 13.9. The van der Waals surface area contributed by atoms with Gasteiger partial charge in [0.1, 0.15) is 29.8 Å².